The summed E-state index contributed by atoms with van der Waals surface area (Å²) in [6.45, 7) is 9.27. The molecule has 0 spiro atoms. The second-order valence-corrected chi connectivity index (χ2v) is 7.66. The van der Waals surface area contributed by atoms with Gasteiger partial charge in [-0.25, -0.2) is 0 Å². The minimum Gasteiger partial charge on any atom is -0.339 e. The van der Waals surface area contributed by atoms with Crippen molar-refractivity contribution in [2.45, 2.75) is 64.8 Å². The number of nitrogens with zero attached hydrogens (tertiary/aromatic N) is 3. The predicted molar refractivity (Wildman–Crippen MR) is 98.7 cm³/mol. The van der Waals surface area contributed by atoms with E-state index in [-0.39, 0.29) is 30.3 Å². The fraction of sp³-hybridized carbons (Fsp3) is 0.833. The number of carbonyl (C=O) groups is 1. The number of likely N-dealkylation sites (tertiary alicyclic amines) is 1. The highest BCUT2D eigenvalue weighted by atomic mass is 35.5. The Morgan fingerprint density at radius 1 is 1.28 bits per heavy atom. The van der Waals surface area contributed by atoms with Crippen molar-refractivity contribution >= 4 is 18.3 Å². The second-order valence-electron chi connectivity index (χ2n) is 7.66. The Labute approximate surface area is 156 Å². The number of piperidine rings is 1. The maximum Gasteiger partial charge on any atom is 0.229 e. The van der Waals surface area contributed by atoms with Gasteiger partial charge in [-0.05, 0) is 50.6 Å². The van der Waals surface area contributed by atoms with E-state index in [1.165, 1.54) is 12.8 Å². The maximum atomic E-state index is 12.8. The van der Waals surface area contributed by atoms with Crippen molar-refractivity contribution in [2.24, 2.45) is 11.8 Å². The number of halogens is 1. The first kappa shape index (κ1) is 20.2. The average molecular weight is 371 g/mol. The van der Waals surface area contributed by atoms with Crippen molar-refractivity contribution in [3.05, 3.63) is 11.7 Å². The molecule has 1 N–H and O–H groups in total. The predicted octanol–water partition coefficient (Wildman–Crippen LogP) is 3.30. The zero-order valence-electron chi connectivity index (χ0n) is 15.5. The Morgan fingerprint density at radius 2 is 2.00 bits per heavy atom. The van der Waals surface area contributed by atoms with E-state index in [2.05, 4.69) is 22.4 Å². The molecule has 2 unspecified atom stereocenters. The summed E-state index contributed by atoms with van der Waals surface area (Å²) in [6, 6.07) is -0.00558. The summed E-state index contributed by atoms with van der Waals surface area (Å²) < 4.78 is 5.34. The van der Waals surface area contributed by atoms with Crippen molar-refractivity contribution in [1.82, 2.24) is 20.4 Å². The highest BCUT2D eigenvalue weighted by Gasteiger charge is 2.34. The van der Waals surface area contributed by atoms with Crippen LogP contribution in [0.3, 0.4) is 0 Å². The third kappa shape index (κ3) is 4.73. The summed E-state index contributed by atoms with van der Waals surface area (Å²) in [5.74, 6) is 2.91. The van der Waals surface area contributed by atoms with Gasteiger partial charge in [-0.3, -0.25) is 4.79 Å². The van der Waals surface area contributed by atoms with Crippen molar-refractivity contribution in [2.75, 3.05) is 19.6 Å². The molecule has 1 amide bonds. The number of hydrogen-bond acceptors (Lipinski definition) is 5. The van der Waals surface area contributed by atoms with E-state index >= 15 is 0 Å². The summed E-state index contributed by atoms with van der Waals surface area (Å²) in [5, 5.41) is 7.53. The lowest BCUT2D eigenvalue weighted by molar-refractivity contribution is -0.133. The SMILES string of the molecule is CC(C)c1nc(C2CCCN2C(=O)CC(C)C2CCNCC2)no1.Cl. The topological polar surface area (TPSA) is 71.3 Å². The molecule has 0 bridgehead atoms. The summed E-state index contributed by atoms with van der Waals surface area (Å²) >= 11 is 0. The maximum absolute atomic E-state index is 12.8. The van der Waals surface area contributed by atoms with Crippen LogP contribution in [0.4, 0.5) is 0 Å². The first-order valence-electron chi connectivity index (χ1n) is 9.40. The van der Waals surface area contributed by atoms with E-state index in [1.54, 1.807) is 0 Å². The van der Waals surface area contributed by atoms with Gasteiger partial charge in [-0.15, -0.1) is 12.4 Å². The summed E-state index contributed by atoms with van der Waals surface area (Å²) in [7, 11) is 0. The van der Waals surface area contributed by atoms with Crippen LogP contribution in [0.1, 0.15) is 76.6 Å². The number of rotatable bonds is 5. The van der Waals surface area contributed by atoms with Gasteiger partial charge >= 0.3 is 0 Å². The molecule has 0 saturated carbocycles. The molecule has 142 valence electrons. The smallest absolute Gasteiger partial charge is 0.229 e. The average Bonchev–Trinajstić information content (AvgIpc) is 3.24. The first-order valence-corrected chi connectivity index (χ1v) is 9.40. The van der Waals surface area contributed by atoms with Crippen LogP contribution in [0, 0.1) is 11.8 Å². The van der Waals surface area contributed by atoms with Crippen LogP contribution >= 0.6 is 12.4 Å². The number of amides is 1. The molecule has 0 aliphatic carbocycles. The molecule has 7 heteroatoms. The van der Waals surface area contributed by atoms with Crippen molar-refractivity contribution in [1.29, 1.82) is 0 Å². The van der Waals surface area contributed by atoms with Gasteiger partial charge in [0.1, 0.15) is 0 Å². The molecule has 6 nitrogen and oxygen atoms in total. The first-order chi connectivity index (χ1) is 11.6. The van der Waals surface area contributed by atoms with E-state index in [4.69, 9.17) is 4.52 Å². The van der Waals surface area contributed by atoms with Crippen molar-refractivity contribution in [3.63, 3.8) is 0 Å². The van der Waals surface area contributed by atoms with Gasteiger partial charge in [-0.2, -0.15) is 4.98 Å². The Bertz CT molecular complexity index is 557. The molecule has 2 aliphatic heterocycles. The molecule has 0 aromatic carbocycles. The van der Waals surface area contributed by atoms with Gasteiger partial charge in [0.25, 0.3) is 0 Å². The fourth-order valence-corrected chi connectivity index (χ4v) is 3.92. The molecular weight excluding hydrogens is 340 g/mol. The van der Waals surface area contributed by atoms with E-state index < -0.39 is 0 Å². The van der Waals surface area contributed by atoms with E-state index in [0.717, 1.165) is 32.5 Å². The quantitative estimate of drug-likeness (QED) is 0.860. The number of nitrogens with one attached hydrogen (secondary N) is 1. The van der Waals surface area contributed by atoms with E-state index in [1.807, 2.05) is 18.7 Å². The van der Waals surface area contributed by atoms with Gasteiger partial charge in [0, 0.05) is 18.9 Å². The molecule has 2 atom stereocenters. The minimum atomic E-state index is -0.00558. The van der Waals surface area contributed by atoms with Gasteiger partial charge in [0.05, 0.1) is 6.04 Å². The monoisotopic (exact) mass is 370 g/mol. The van der Waals surface area contributed by atoms with Crippen LogP contribution in [-0.4, -0.2) is 40.6 Å². The second kappa shape index (κ2) is 8.99. The Hall–Kier alpha value is -1.14. The third-order valence-electron chi connectivity index (χ3n) is 5.51. The lowest BCUT2D eigenvalue weighted by Crippen LogP contribution is -2.35. The largest absolute Gasteiger partial charge is 0.339 e. The van der Waals surface area contributed by atoms with Gasteiger partial charge in [0.15, 0.2) is 5.82 Å². The summed E-state index contributed by atoms with van der Waals surface area (Å²) in [5.41, 5.74) is 0. The van der Waals surface area contributed by atoms with Crippen LogP contribution in [0.5, 0.6) is 0 Å². The standard InChI is InChI=1S/C18H30N4O2.ClH/c1-12(2)18-20-17(21-24-18)15-5-4-10-22(15)16(23)11-13(3)14-6-8-19-9-7-14;/h12-15,19H,4-11H2,1-3H3;1H. The molecule has 2 aliphatic rings. The molecule has 1 aromatic heterocycles. The molecule has 1 aromatic rings. The molecule has 3 heterocycles. The molecule has 0 radical (unpaired) electrons. The van der Waals surface area contributed by atoms with Gasteiger partial charge < -0.3 is 14.7 Å². The van der Waals surface area contributed by atoms with Gasteiger partial charge in [-0.1, -0.05) is 25.9 Å². The summed E-state index contributed by atoms with van der Waals surface area (Å²) in [4.78, 5) is 19.3. The third-order valence-corrected chi connectivity index (χ3v) is 5.51. The lowest BCUT2D eigenvalue weighted by Gasteiger charge is -2.30. The zero-order chi connectivity index (χ0) is 17.1. The normalized spacial score (nSPS) is 22.9. The van der Waals surface area contributed by atoms with Gasteiger partial charge in [0.2, 0.25) is 11.8 Å². The van der Waals surface area contributed by atoms with Crippen LogP contribution in [-0.2, 0) is 4.79 Å². The van der Waals surface area contributed by atoms with Crippen LogP contribution in [0.15, 0.2) is 4.52 Å². The molecular formula is C18H31ClN4O2. The molecule has 2 fully saturated rings. The number of carbonyl (C=O) groups excluding carboxylic acids is 1. The zero-order valence-corrected chi connectivity index (χ0v) is 16.3. The Morgan fingerprint density at radius 3 is 2.64 bits per heavy atom. The van der Waals surface area contributed by atoms with E-state index in [0.29, 0.717) is 30.0 Å². The highest BCUT2D eigenvalue weighted by molar-refractivity contribution is 5.85. The van der Waals surface area contributed by atoms with E-state index in [9.17, 15) is 4.79 Å². The lowest BCUT2D eigenvalue weighted by atomic mass is 9.84. The van der Waals surface area contributed by atoms with Crippen LogP contribution < -0.4 is 5.32 Å². The number of hydrogen-bond donors (Lipinski definition) is 1. The Balaban J connectivity index is 0.00000225. The Kier molecular flexibility index (Phi) is 7.25. The molecule has 3 rings (SSSR count). The molecule has 25 heavy (non-hydrogen) atoms. The summed E-state index contributed by atoms with van der Waals surface area (Å²) in [6.07, 6.45) is 4.95. The van der Waals surface area contributed by atoms with Crippen LogP contribution in [0.25, 0.3) is 0 Å². The van der Waals surface area contributed by atoms with Crippen LogP contribution in [0.2, 0.25) is 0 Å². The fourth-order valence-electron chi connectivity index (χ4n) is 3.92. The van der Waals surface area contributed by atoms with Crippen molar-refractivity contribution in [3.8, 4) is 0 Å². The molecule has 2 saturated heterocycles. The highest BCUT2D eigenvalue weighted by Crippen LogP contribution is 2.33. The minimum absolute atomic E-state index is 0. The van der Waals surface area contributed by atoms with Crippen molar-refractivity contribution < 1.29 is 9.32 Å². The number of aromatic nitrogens is 2.